The number of benzene rings is 1. The zero-order valence-corrected chi connectivity index (χ0v) is 12.9. The van der Waals surface area contributed by atoms with Crippen molar-refractivity contribution in [2.24, 2.45) is 0 Å². The third kappa shape index (κ3) is 4.34. The summed E-state index contributed by atoms with van der Waals surface area (Å²) in [6, 6.07) is 9.93. The first-order valence-electron chi connectivity index (χ1n) is 6.85. The lowest BCUT2D eigenvalue weighted by Crippen LogP contribution is -2.38. The number of aliphatic hydroxyl groups is 2. The number of aliphatic hydroxyl groups excluding tert-OH is 1. The summed E-state index contributed by atoms with van der Waals surface area (Å²) in [5.74, 6) is 0.000306. The topological polar surface area (TPSA) is 82.7 Å². The maximum Gasteiger partial charge on any atom is 0.223 e. The van der Waals surface area contributed by atoms with Gasteiger partial charge in [0.25, 0.3) is 0 Å². The van der Waals surface area contributed by atoms with Crippen LogP contribution in [0.5, 0.6) is 0 Å². The molecule has 0 aliphatic carbocycles. The summed E-state index contributed by atoms with van der Waals surface area (Å²) in [7, 11) is 0. The number of carbonyl (C=O) groups excluding carboxylic acids is 1. The number of hydrogen-bond acceptors (Lipinski definition) is 4. The van der Waals surface area contributed by atoms with Crippen LogP contribution in [0.3, 0.4) is 0 Å². The van der Waals surface area contributed by atoms with Gasteiger partial charge in [0.05, 0.1) is 25.3 Å². The van der Waals surface area contributed by atoms with Gasteiger partial charge >= 0.3 is 0 Å². The molecule has 1 aromatic heterocycles. The normalized spacial score (nSPS) is 15.1. The Morgan fingerprint density at radius 2 is 2.05 bits per heavy atom. The lowest BCUT2D eigenvalue weighted by Gasteiger charge is -2.21. The summed E-state index contributed by atoms with van der Waals surface area (Å²) in [4.78, 5) is 11.9. The Morgan fingerprint density at radius 3 is 2.64 bits per heavy atom. The van der Waals surface area contributed by atoms with E-state index in [1.807, 2.05) is 0 Å². The molecule has 2 aromatic rings. The Bertz CT molecular complexity index is 608. The van der Waals surface area contributed by atoms with Gasteiger partial charge in [-0.15, -0.1) is 0 Å². The Morgan fingerprint density at radius 1 is 1.36 bits per heavy atom. The van der Waals surface area contributed by atoms with E-state index >= 15 is 0 Å². The quantitative estimate of drug-likeness (QED) is 0.762. The van der Waals surface area contributed by atoms with Crippen LogP contribution in [0.15, 0.2) is 47.1 Å². The molecule has 6 heteroatoms. The van der Waals surface area contributed by atoms with Crippen LogP contribution < -0.4 is 5.32 Å². The van der Waals surface area contributed by atoms with Gasteiger partial charge in [-0.25, -0.2) is 0 Å². The van der Waals surface area contributed by atoms with Gasteiger partial charge in [-0.05, 0) is 36.8 Å². The van der Waals surface area contributed by atoms with Crippen molar-refractivity contribution >= 4 is 17.5 Å². The number of amides is 1. The molecule has 0 spiro atoms. The standard InChI is InChI=1S/C16H18ClNO4/c1-16(21,14-3-2-8-22-14)10-18-15(20)9-13(19)11-4-6-12(17)7-5-11/h2-8,13,19,21H,9-10H2,1H3,(H,18,20). The summed E-state index contributed by atoms with van der Waals surface area (Å²) in [5, 5.41) is 23.4. The molecule has 0 fully saturated rings. The third-order valence-electron chi connectivity index (χ3n) is 3.32. The van der Waals surface area contributed by atoms with E-state index in [0.29, 0.717) is 16.3 Å². The summed E-state index contributed by atoms with van der Waals surface area (Å²) in [5.41, 5.74) is -0.693. The van der Waals surface area contributed by atoms with Crippen LogP contribution in [0, 0.1) is 0 Å². The van der Waals surface area contributed by atoms with Crippen molar-refractivity contribution in [2.45, 2.75) is 25.0 Å². The molecule has 2 unspecified atom stereocenters. The summed E-state index contributed by atoms with van der Waals surface area (Å²) < 4.78 is 5.13. The monoisotopic (exact) mass is 323 g/mol. The van der Waals surface area contributed by atoms with Crippen molar-refractivity contribution in [3.8, 4) is 0 Å². The van der Waals surface area contributed by atoms with Crippen LogP contribution in [-0.4, -0.2) is 22.7 Å². The number of nitrogens with one attached hydrogen (secondary N) is 1. The Kier molecular flexibility index (Phi) is 5.24. The zero-order chi connectivity index (χ0) is 16.2. The Hall–Kier alpha value is -1.82. The van der Waals surface area contributed by atoms with Crippen molar-refractivity contribution in [3.63, 3.8) is 0 Å². The van der Waals surface area contributed by atoms with E-state index in [0.717, 1.165) is 0 Å². The lowest BCUT2D eigenvalue weighted by atomic mass is 10.0. The number of rotatable bonds is 6. The Labute approximate surface area is 133 Å². The SMILES string of the molecule is CC(O)(CNC(=O)CC(O)c1ccc(Cl)cc1)c1ccco1. The molecule has 0 aliphatic heterocycles. The fourth-order valence-corrected chi connectivity index (χ4v) is 2.12. The Balaban J connectivity index is 1.86. The molecule has 3 N–H and O–H groups in total. The van der Waals surface area contributed by atoms with E-state index in [4.69, 9.17) is 16.0 Å². The zero-order valence-electron chi connectivity index (χ0n) is 12.1. The number of furan rings is 1. The minimum atomic E-state index is -1.30. The fourth-order valence-electron chi connectivity index (χ4n) is 1.99. The second-order valence-corrected chi connectivity index (χ2v) is 5.74. The molecule has 0 saturated carbocycles. The maximum atomic E-state index is 11.9. The molecule has 2 atom stereocenters. The van der Waals surface area contributed by atoms with Crippen LogP contribution >= 0.6 is 11.6 Å². The highest BCUT2D eigenvalue weighted by Crippen LogP contribution is 2.21. The van der Waals surface area contributed by atoms with Gasteiger partial charge in [-0.3, -0.25) is 4.79 Å². The van der Waals surface area contributed by atoms with E-state index in [2.05, 4.69) is 5.32 Å². The van der Waals surface area contributed by atoms with E-state index in [-0.39, 0.29) is 18.9 Å². The highest BCUT2D eigenvalue weighted by molar-refractivity contribution is 6.30. The first-order valence-corrected chi connectivity index (χ1v) is 7.23. The number of hydrogen-bond donors (Lipinski definition) is 3. The first kappa shape index (κ1) is 16.5. The lowest BCUT2D eigenvalue weighted by molar-refractivity contribution is -0.124. The molecule has 0 bridgehead atoms. The maximum absolute atomic E-state index is 11.9. The van der Waals surface area contributed by atoms with Crippen LogP contribution in [0.25, 0.3) is 0 Å². The van der Waals surface area contributed by atoms with Crippen LogP contribution in [-0.2, 0) is 10.4 Å². The van der Waals surface area contributed by atoms with Gasteiger partial charge in [-0.1, -0.05) is 23.7 Å². The smallest absolute Gasteiger partial charge is 0.223 e. The number of halogens is 1. The molecule has 0 aliphatic rings. The molecular weight excluding hydrogens is 306 g/mol. The number of carbonyl (C=O) groups is 1. The van der Waals surface area contributed by atoms with E-state index < -0.39 is 11.7 Å². The van der Waals surface area contributed by atoms with Gasteiger partial charge in [0.2, 0.25) is 5.91 Å². The van der Waals surface area contributed by atoms with Gasteiger partial charge in [0, 0.05) is 5.02 Å². The highest BCUT2D eigenvalue weighted by Gasteiger charge is 2.27. The largest absolute Gasteiger partial charge is 0.466 e. The van der Waals surface area contributed by atoms with Crippen molar-refractivity contribution in [3.05, 3.63) is 59.0 Å². The van der Waals surface area contributed by atoms with Gasteiger partial charge in [-0.2, -0.15) is 0 Å². The molecule has 5 nitrogen and oxygen atoms in total. The van der Waals surface area contributed by atoms with Gasteiger partial charge < -0.3 is 19.9 Å². The van der Waals surface area contributed by atoms with Crippen molar-refractivity contribution in [1.82, 2.24) is 5.32 Å². The molecule has 0 saturated heterocycles. The van der Waals surface area contributed by atoms with Crippen LogP contribution in [0.2, 0.25) is 5.02 Å². The molecule has 0 radical (unpaired) electrons. The predicted molar refractivity (Wildman–Crippen MR) is 82.3 cm³/mol. The van der Waals surface area contributed by atoms with Crippen molar-refractivity contribution in [2.75, 3.05) is 6.54 Å². The highest BCUT2D eigenvalue weighted by atomic mass is 35.5. The van der Waals surface area contributed by atoms with Gasteiger partial charge in [0.1, 0.15) is 11.4 Å². The van der Waals surface area contributed by atoms with Gasteiger partial charge in [0.15, 0.2) is 0 Å². The molecular formula is C16H18ClNO4. The second-order valence-electron chi connectivity index (χ2n) is 5.30. The van der Waals surface area contributed by atoms with E-state index in [1.54, 1.807) is 43.3 Å². The molecule has 22 heavy (non-hydrogen) atoms. The molecule has 2 rings (SSSR count). The predicted octanol–water partition coefficient (Wildman–Crippen LogP) is 2.38. The average Bonchev–Trinajstić information content (AvgIpc) is 3.01. The van der Waals surface area contributed by atoms with Crippen LogP contribution in [0.1, 0.15) is 30.8 Å². The second kappa shape index (κ2) is 6.96. The summed E-state index contributed by atoms with van der Waals surface area (Å²) >= 11 is 5.77. The van der Waals surface area contributed by atoms with Crippen molar-refractivity contribution in [1.29, 1.82) is 0 Å². The minimum absolute atomic E-state index is 0.00726. The molecule has 1 heterocycles. The summed E-state index contributed by atoms with van der Waals surface area (Å²) in [6.07, 6.45) is 0.428. The van der Waals surface area contributed by atoms with Crippen molar-refractivity contribution < 1.29 is 19.4 Å². The average molecular weight is 324 g/mol. The van der Waals surface area contributed by atoms with Crippen LogP contribution in [0.4, 0.5) is 0 Å². The fraction of sp³-hybridized carbons (Fsp3) is 0.312. The van der Waals surface area contributed by atoms with E-state index in [1.165, 1.54) is 6.26 Å². The van der Waals surface area contributed by atoms with E-state index in [9.17, 15) is 15.0 Å². The third-order valence-corrected chi connectivity index (χ3v) is 3.57. The molecule has 118 valence electrons. The molecule has 1 amide bonds. The summed E-state index contributed by atoms with van der Waals surface area (Å²) in [6.45, 7) is 1.54. The molecule has 1 aromatic carbocycles. The first-order chi connectivity index (χ1) is 10.4. The minimum Gasteiger partial charge on any atom is -0.466 e.